The first-order valence-electron chi connectivity index (χ1n) is 8.82. The fourth-order valence-corrected chi connectivity index (χ4v) is 4.64. The summed E-state index contributed by atoms with van der Waals surface area (Å²) < 4.78 is 5.18. The van der Waals surface area contributed by atoms with Crippen molar-refractivity contribution in [2.24, 2.45) is 5.92 Å². The van der Waals surface area contributed by atoms with E-state index in [-0.39, 0.29) is 0 Å². The Balaban J connectivity index is 1.59. The highest BCUT2D eigenvalue weighted by molar-refractivity contribution is 5.77. The fourth-order valence-electron chi connectivity index (χ4n) is 4.64. The second-order valence-corrected chi connectivity index (χ2v) is 7.02. The zero-order chi connectivity index (χ0) is 14.7. The molecular formula is C17H30N2O2. The van der Waals surface area contributed by atoms with Crippen molar-refractivity contribution < 1.29 is 9.53 Å². The monoisotopic (exact) mass is 294 g/mol. The highest BCUT2D eigenvalue weighted by Gasteiger charge is 2.40. The van der Waals surface area contributed by atoms with Gasteiger partial charge in [0.25, 0.3) is 0 Å². The van der Waals surface area contributed by atoms with Crippen LogP contribution < -0.4 is 0 Å². The van der Waals surface area contributed by atoms with Crippen LogP contribution in [0, 0.1) is 5.92 Å². The molecule has 2 atom stereocenters. The quantitative estimate of drug-likeness (QED) is 0.797. The van der Waals surface area contributed by atoms with Gasteiger partial charge in [-0.2, -0.15) is 0 Å². The molecule has 3 rings (SSSR count). The molecule has 1 saturated carbocycles. The summed E-state index contributed by atoms with van der Waals surface area (Å²) in [6, 6.07) is 1.30. The van der Waals surface area contributed by atoms with E-state index in [1.807, 2.05) is 0 Å². The number of likely N-dealkylation sites (tertiary alicyclic amines) is 2. The number of carbonyl (C=O) groups is 1. The zero-order valence-corrected chi connectivity index (χ0v) is 13.4. The Morgan fingerprint density at radius 2 is 1.95 bits per heavy atom. The number of methoxy groups -OCH3 is 1. The lowest BCUT2D eigenvalue weighted by atomic mass is 9.82. The van der Waals surface area contributed by atoms with Gasteiger partial charge in [0.1, 0.15) is 0 Å². The van der Waals surface area contributed by atoms with Crippen LogP contribution in [0.2, 0.25) is 0 Å². The standard InChI is InChI=1S/C17H30N2O2/c1-21-12-11-19-16-9-10-18(15-5-3-2-4-6-15)13-14(16)7-8-17(19)20/h14-16H,2-13H2,1H3/t14-,16+/m0/s1. The van der Waals surface area contributed by atoms with Crippen molar-refractivity contribution in [1.29, 1.82) is 0 Å². The van der Waals surface area contributed by atoms with Gasteiger partial charge in [-0.3, -0.25) is 9.69 Å². The van der Waals surface area contributed by atoms with Gasteiger partial charge in [-0.05, 0) is 31.6 Å². The zero-order valence-electron chi connectivity index (χ0n) is 13.4. The fraction of sp³-hybridized carbons (Fsp3) is 0.941. The van der Waals surface area contributed by atoms with Gasteiger partial charge in [0, 0.05) is 45.2 Å². The Morgan fingerprint density at radius 3 is 2.71 bits per heavy atom. The van der Waals surface area contributed by atoms with Crippen LogP contribution in [0.4, 0.5) is 0 Å². The van der Waals surface area contributed by atoms with Gasteiger partial charge >= 0.3 is 0 Å². The molecule has 0 aromatic rings. The van der Waals surface area contributed by atoms with Gasteiger partial charge < -0.3 is 9.64 Å². The largest absolute Gasteiger partial charge is 0.383 e. The third kappa shape index (κ3) is 3.42. The van der Waals surface area contributed by atoms with E-state index in [9.17, 15) is 4.79 Å². The highest BCUT2D eigenvalue weighted by Crippen LogP contribution is 2.34. The number of ether oxygens (including phenoxy) is 1. The van der Waals surface area contributed by atoms with Crippen molar-refractivity contribution in [3.8, 4) is 0 Å². The normalized spacial score (nSPS) is 32.2. The molecule has 2 aliphatic heterocycles. The Morgan fingerprint density at radius 1 is 1.14 bits per heavy atom. The van der Waals surface area contributed by atoms with Gasteiger partial charge in [-0.1, -0.05) is 19.3 Å². The Labute approximate surface area is 128 Å². The summed E-state index contributed by atoms with van der Waals surface area (Å²) >= 11 is 0. The van der Waals surface area contributed by atoms with Crippen LogP contribution in [0.5, 0.6) is 0 Å². The molecule has 0 unspecified atom stereocenters. The summed E-state index contributed by atoms with van der Waals surface area (Å²) in [5.41, 5.74) is 0. The van der Waals surface area contributed by atoms with Crippen LogP contribution in [-0.4, -0.2) is 61.1 Å². The van der Waals surface area contributed by atoms with Crippen LogP contribution in [0.15, 0.2) is 0 Å². The van der Waals surface area contributed by atoms with Crippen LogP contribution in [0.25, 0.3) is 0 Å². The van der Waals surface area contributed by atoms with E-state index >= 15 is 0 Å². The third-order valence-electron chi connectivity index (χ3n) is 5.80. The molecule has 3 fully saturated rings. The lowest BCUT2D eigenvalue weighted by molar-refractivity contribution is -0.142. The lowest BCUT2D eigenvalue weighted by Crippen LogP contribution is -2.58. The molecule has 4 nitrogen and oxygen atoms in total. The summed E-state index contributed by atoms with van der Waals surface area (Å²) in [5, 5.41) is 0. The summed E-state index contributed by atoms with van der Waals surface area (Å²) in [7, 11) is 1.72. The van der Waals surface area contributed by atoms with Crippen LogP contribution >= 0.6 is 0 Å². The number of fused-ring (bicyclic) bond motifs is 1. The van der Waals surface area contributed by atoms with Crippen molar-refractivity contribution in [2.75, 3.05) is 33.4 Å². The first-order valence-corrected chi connectivity index (χ1v) is 8.82. The number of piperidine rings is 2. The van der Waals surface area contributed by atoms with Crippen LogP contribution in [-0.2, 0) is 9.53 Å². The average Bonchev–Trinajstić information content (AvgIpc) is 2.54. The second kappa shape index (κ2) is 7.10. The number of hydrogen-bond donors (Lipinski definition) is 0. The molecule has 0 aromatic heterocycles. The number of carbonyl (C=O) groups excluding carboxylic acids is 1. The first-order chi connectivity index (χ1) is 10.3. The maximum absolute atomic E-state index is 12.2. The van der Waals surface area contributed by atoms with E-state index < -0.39 is 0 Å². The van der Waals surface area contributed by atoms with E-state index in [0.717, 1.165) is 31.8 Å². The summed E-state index contributed by atoms with van der Waals surface area (Å²) in [6.07, 6.45) is 10.0. The second-order valence-electron chi connectivity index (χ2n) is 7.02. The van der Waals surface area contributed by atoms with Gasteiger partial charge in [0.15, 0.2) is 0 Å². The maximum Gasteiger partial charge on any atom is 0.222 e. The maximum atomic E-state index is 12.2. The van der Waals surface area contributed by atoms with Crippen molar-refractivity contribution in [1.82, 2.24) is 9.80 Å². The molecule has 21 heavy (non-hydrogen) atoms. The molecular weight excluding hydrogens is 264 g/mol. The Hall–Kier alpha value is -0.610. The molecule has 1 amide bonds. The Bertz CT molecular complexity index is 355. The predicted octanol–water partition coefficient (Wildman–Crippen LogP) is 2.28. The molecule has 0 aromatic carbocycles. The number of hydrogen-bond acceptors (Lipinski definition) is 3. The number of rotatable bonds is 4. The van der Waals surface area contributed by atoms with Gasteiger partial charge in [-0.15, -0.1) is 0 Å². The summed E-state index contributed by atoms with van der Waals surface area (Å²) in [4.78, 5) is 17.1. The SMILES string of the molecule is COCCN1C(=O)CC[C@H]2CN(C3CCCCC3)CC[C@H]21. The lowest BCUT2D eigenvalue weighted by Gasteiger charge is -2.49. The molecule has 120 valence electrons. The molecule has 2 saturated heterocycles. The third-order valence-corrected chi connectivity index (χ3v) is 5.80. The minimum atomic E-state index is 0.347. The van der Waals surface area contributed by atoms with E-state index in [0.29, 0.717) is 24.5 Å². The van der Waals surface area contributed by atoms with Crippen molar-refractivity contribution in [3.63, 3.8) is 0 Å². The topological polar surface area (TPSA) is 32.8 Å². The van der Waals surface area contributed by atoms with Crippen molar-refractivity contribution in [2.45, 2.75) is 63.5 Å². The Kier molecular flexibility index (Phi) is 5.17. The molecule has 0 bridgehead atoms. The smallest absolute Gasteiger partial charge is 0.222 e. The van der Waals surface area contributed by atoms with Gasteiger partial charge in [0.05, 0.1) is 6.61 Å². The summed E-state index contributed by atoms with van der Waals surface area (Å²) in [6.45, 7) is 3.84. The van der Waals surface area contributed by atoms with Crippen LogP contribution in [0.3, 0.4) is 0 Å². The number of nitrogens with zero attached hydrogens (tertiary/aromatic N) is 2. The minimum Gasteiger partial charge on any atom is -0.383 e. The molecule has 3 aliphatic rings. The number of amides is 1. The van der Waals surface area contributed by atoms with E-state index in [1.165, 1.54) is 45.2 Å². The van der Waals surface area contributed by atoms with Crippen LogP contribution in [0.1, 0.15) is 51.4 Å². The highest BCUT2D eigenvalue weighted by atomic mass is 16.5. The van der Waals surface area contributed by atoms with Gasteiger partial charge in [0.2, 0.25) is 5.91 Å². The van der Waals surface area contributed by atoms with E-state index in [1.54, 1.807) is 7.11 Å². The minimum absolute atomic E-state index is 0.347. The average molecular weight is 294 g/mol. The van der Waals surface area contributed by atoms with E-state index in [2.05, 4.69) is 9.80 Å². The summed E-state index contributed by atoms with van der Waals surface area (Å²) in [5.74, 6) is 1.04. The van der Waals surface area contributed by atoms with E-state index in [4.69, 9.17) is 4.74 Å². The first kappa shape index (κ1) is 15.3. The molecule has 1 aliphatic carbocycles. The molecule has 4 heteroatoms. The molecule has 0 spiro atoms. The predicted molar refractivity (Wildman–Crippen MR) is 83.2 cm³/mol. The molecule has 0 radical (unpaired) electrons. The van der Waals surface area contributed by atoms with Gasteiger partial charge in [-0.25, -0.2) is 0 Å². The van der Waals surface area contributed by atoms with Crippen molar-refractivity contribution >= 4 is 5.91 Å². The van der Waals surface area contributed by atoms with Crippen molar-refractivity contribution in [3.05, 3.63) is 0 Å². The molecule has 0 N–H and O–H groups in total. The molecule has 2 heterocycles.